The highest BCUT2D eigenvalue weighted by Crippen LogP contribution is 2.40. The average molecular weight is 475 g/mol. The van der Waals surface area contributed by atoms with Gasteiger partial charge in [0.15, 0.2) is 0 Å². The number of Topliss-reactive ketones (excluding diaryl/α,β-unsaturated/α-hetero) is 1. The van der Waals surface area contributed by atoms with E-state index < -0.39 is 23.5 Å². The predicted octanol–water partition coefficient (Wildman–Crippen LogP) is 3.24. The fourth-order valence-electron chi connectivity index (χ4n) is 4.15. The van der Waals surface area contributed by atoms with Gasteiger partial charge in [0.05, 0.1) is 37.0 Å². The minimum absolute atomic E-state index is 0.0604. The minimum Gasteiger partial charge on any atom is -0.507 e. The van der Waals surface area contributed by atoms with Gasteiger partial charge in [-0.3, -0.25) is 14.5 Å². The smallest absolute Gasteiger partial charge is 0.295 e. The van der Waals surface area contributed by atoms with Crippen molar-refractivity contribution in [1.82, 2.24) is 9.80 Å². The fourth-order valence-corrected chi connectivity index (χ4v) is 4.40. The first-order chi connectivity index (χ1) is 15.9. The second kappa shape index (κ2) is 9.91. The van der Waals surface area contributed by atoms with Gasteiger partial charge in [-0.05, 0) is 35.9 Å². The van der Waals surface area contributed by atoms with Crippen molar-refractivity contribution in [3.63, 3.8) is 0 Å². The number of carbonyl (C=O) groups is 2. The Morgan fingerprint density at radius 1 is 1.15 bits per heavy atom. The number of hydrogen-bond acceptors (Lipinski definition) is 6. The minimum atomic E-state index is -0.854. The number of morpholine rings is 1. The molecule has 2 aliphatic heterocycles. The summed E-state index contributed by atoms with van der Waals surface area (Å²) in [5, 5.41) is 11.3. The van der Waals surface area contributed by atoms with Crippen molar-refractivity contribution in [2.24, 2.45) is 0 Å². The van der Waals surface area contributed by atoms with Gasteiger partial charge < -0.3 is 19.5 Å². The van der Waals surface area contributed by atoms with E-state index in [9.17, 15) is 19.1 Å². The molecule has 174 valence electrons. The molecule has 1 N–H and O–H groups in total. The lowest BCUT2D eigenvalue weighted by molar-refractivity contribution is -0.140. The summed E-state index contributed by atoms with van der Waals surface area (Å²) in [5.41, 5.74) is 0.743. The van der Waals surface area contributed by atoms with Crippen molar-refractivity contribution in [2.45, 2.75) is 6.04 Å². The third-order valence-corrected chi connectivity index (χ3v) is 6.21. The van der Waals surface area contributed by atoms with Crippen molar-refractivity contribution < 1.29 is 28.6 Å². The van der Waals surface area contributed by atoms with Crippen LogP contribution in [-0.2, 0) is 14.3 Å². The Kier molecular flexibility index (Phi) is 6.97. The van der Waals surface area contributed by atoms with E-state index in [0.717, 1.165) is 13.1 Å². The molecule has 0 aromatic heterocycles. The molecule has 2 fully saturated rings. The first-order valence-corrected chi connectivity index (χ1v) is 11.0. The van der Waals surface area contributed by atoms with E-state index in [1.807, 2.05) is 0 Å². The average Bonchev–Trinajstić information content (AvgIpc) is 3.08. The molecule has 2 aromatic carbocycles. The van der Waals surface area contributed by atoms with Crippen LogP contribution in [0.3, 0.4) is 0 Å². The molecule has 1 amide bonds. The second-order valence-corrected chi connectivity index (χ2v) is 8.25. The molecule has 4 rings (SSSR count). The third-order valence-electron chi connectivity index (χ3n) is 5.91. The summed E-state index contributed by atoms with van der Waals surface area (Å²) in [6, 6.07) is 9.31. The molecular weight excluding hydrogens is 451 g/mol. The van der Waals surface area contributed by atoms with Crippen LogP contribution in [0.5, 0.6) is 5.75 Å². The molecular formula is C24H24ClFN2O5. The Hall–Kier alpha value is -2.94. The number of hydrogen-bond donors (Lipinski definition) is 1. The van der Waals surface area contributed by atoms with E-state index in [0.29, 0.717) is 31.1 Å². The lowest BCUT2D eigenvalue weighted by Crippen LogP contribution is -2.42. The summed E-state index contributed by atoms with van der Waals surface area (Å²) in [4.78, 5) is 29.7. The molecule has 0 unspecified atom stereocenters. The Morgan fingerprint density at radius 3 is 2.48 bits per heavy atom. The maximum Gasteiger partial charge on any atom is 0.295 e. The Morgan fingerprint density at radius 2 is 1.85 bits per heavy atom. The highest BCUT2D eigenvalue weighted by molar-refractivity contribution is 6.46. The predicted molar refractivity (Wildman–Crippen MR) is 121 cm³/mol. The Labute approximate surface area is 195 Å². The Balaban J connectivity index is 1.74. The molecule has 2 heterocycles. The topological polar surface area (TPSA) is 79.3 Å². The van der Waals surface area contributed by atoms with Gasteiger partial charge >= 0.3 is 0 Å². The van der Waals surface area contributed by atoms with Gasteiger partial charge in [-0.2, -0.15) is 0 Å². The standard InChI is InChI=1S/C24H24ClFN2O5/c1-32-19-7-4-16(14-18(19)25)22(29)20-21(15-2-5-17(26)6-3-15)28(24(31)23(20)30)9-8-27-10-12-33-13-11-27/h2-7,14,21,29H,8-13H2,1H3/b22-20+/t21-/m1/s1. The van der Waals surface area contributed by atoms with Gasteiger partial charge in [0.25, 0.3) is 11.7 Å². The molecule has 0 bridgehead atoms. The molecule has 2 aliphatic rings. The van der Waals surface area contributed by atoms with Gasteiger partial charge in [0, 0.05) is 31.7 Å². The molecule has 1 atom stereocenters. The van der Waals surface area contributed by atoms with Crippen LogP contribution in [0.2, 0.25) is 5.02 Å². The Bertz CT molecular complexity index is 1080. The first kappa shape index (κ1) is 23.2. The number of rotatable bonds is 6. The van der Waals surface area contributed by atoms with Gasteiger partial charge in [-0.25, -0.2) is 4.39 Å². The number of ketones is 1. The zero-order chi connectivity index (χ0) is 23.5. The van der Waals surface area contributed by atoms with E-state index in [2.05, 4.69) is 4.90 Å². The maximum absolute atomic E-state index is 13.6. The summed E-state index contributed by atoms with van der Waals surface area (Å²) in [5.74, 6) is -1.88. The number of aliphatic hydroxyl groups excluding tert-OH is 1. The van der Waals surface area contributed by atoms with Crippen LogP contribution in [0, 0.1) is 5.82 Å². The van der Waals surface area contributed by atoms with Crippen LogP contribution in [-0.4, -0.2) is 73.1 Å². The zero-order valence-corrected chi connectivity index (χ0v) is 18.8. The quantitative estimate of drug-likeness (QED) is 0.393. The number of carbonyl (C=O) groups excluding carboxylic acids is 2. The summed E-state index contributed by atoms with van der Waals surface area (Å²) >= 11 is 6.20. The van der Waals surface area contributed by atoms with Gasteiger partial charge in [-0.1, -0.05) is 23.7 Å². The molecule has 0 spiro atoms. The molecule has 33 heavy (non-hydrogen) atoms. The lowest BCUT2D eigenvalue weighted by Gasteiger charge is -2.31. The van der Waals surface area contributed by atoms with Crippen molar-refractivity contribution >= 4 is 29.1 Å². The number of likely N-dealkylation sites (tertiary alicyclic amines) is 1. The number of nitrogens with zero attached hydrogens (tertiary/aromatic N) is 2. The van der Waals surface area contributed by atoms with Gasteiger partial charge in [0.1, 0.15) is 17.3 Å². The summed E-state index contributed by atoms with van der Waals surface area (Å²) < 4.78 is 24.1. The second-order valence-electron chi connectivity index (χ2n) is 7.85. The fraction of sp³-hybridized carbons (Fsp3) is 0.333. The van der Waals surface area contributed by atoms with Crippen molar-refractivity contribution in [1.29, 1.82) is 0 Å². The van der Waals surface area contributed by atoms with Crippen molar-refractivity contribution in [2.75, 3.05) is 46.5 Å². The van der Waals surface area contributed by atoms with Gasteiger partial charge in [0.2, 0.25) is 0 Å². The van der Waals surface area contributed by atoms with E-state index in [1.54, 1.807) is 12.1 Å². The van der Waals surface area contributed by atoms with E-state index in [1.165, 1.54) is 42.3 Å². The zero-order valence-electron chi connectivity index (χ0n) is 18.1. The molecule has 7 nitrogen and oxygen atoms in total. The number of aliphatic hydroxyl groups is 1. The maximum atomic E-state index is 13.6. The van der Waals surface area contributed by atoms with Crippen molar-refractivity contribution in [3.8, 4) is 5.75 Å². The largest absolute Gasteiger partial charge is 0.507 e. The molecule has 9 heteroatoms. The van der Waals surface area contributed by atoms with Crippen LogP contribution in [0.25, 0.3) is 5.76 Å². The van der Waals surface area contributed by atoms with Crippen LogP contribution >= 0.6 is 11.6 Å². The number of amides is 1. The molecule has 2 aromatic rings. The number of ether oxygens (including phenoxy) is 2. The monoisotopic (exact) mass is 474 g/mol. The number of halogens is 2. The van der Waals surface area contributed by atoms with Crippen LogP contribution in [0.15, 0.2) is 48.0 Å². The number of methoxy groups -OCH3 is 1. The summed E-state index contributed by atoms with van der Waals surface area (Å²) in [6.07, 6.45) is 0. The molecule has 0 aliphatic carbocycles. The van der Waals surface area contributed by atoms with Crippen LogP contribution in [0.4, 0.5) is 4.39 Å². The lowest BCUT2D eigenvalue weighted by atomic mass is 9.95. The van der Waals surface area contributed by atoms with E-state index in [4.69, 9.17) is 21.1 Å². The SMILES string of the molecule is COc1ccc(/C(O)=C2\C(=O)C(=O)N(CCN3CCOCC3)[C@@H]2c2ccc(F)cc2)cc1Cl. The highest BCUT2D eigenvalue weighted by atomic mass is 35.5. The van der Waals surface area contributed by atoms with E-state index >= 15 is 0 Å². The van der Waals surface area contributed by atoms with Crippen LogP contribution in [0.1, 0.15) is 17.2 Å². The highest BCUT2D eigenvalue weighted by Gasteiger charge is 2.46. The molecule has 2 saturated heterocycles. The normalized spacial score (nSPS) is 20.9. The summed E-state index contributed by atoms with van der Waals surface area (Å²) in [7, 11) is 1.47. The van der Waals surface area contributed by atoms with Crippen molar-refractivity contribution in [3.05, 3.63) is 70.0 Å². The third kappa shape index (κ3) is 4.73. The van der Waals surface area contributed by atoms with Crippen LogP contribution < -0.4 is 4.74 Å². The van der Waals surface area contributed by atoms with E-state index in [-0.39, 0.29) is 28.5 Å². The number of benzene rings is 2. The molecule has 0 radical (unpaired) electrons. The molecule has 0 saturated carbocycles. The van der Waals surface area contributed by atoms with Gasteiger partial charge in [-0.15, -0.1) is 0 Å². The summed E-state index contributed by atoms with van der Waals surface area (Å²) in [6.45, 7) is 3.50. The first-order valence-electron chi connectivity index (χ1n) is 10.6.